The summed E-state index contributed by atoms with van der Waals surface area (Å²) in [5.74, 6) is 0. The number of hydrogen-bond acceptors (Lipinski definition) is 6. The summed E-state index contributed by atoms with van der Waals surface area (Å²) in [7, 11) is 2.12. The van der Waals surface area contributed by atoms with Gasteiger partial charge in [-0.3, -0.25) is 10.5 Å². The van der Waals surface area contributed by atoms with Crippen molar-refractivity contribution in [3.05, 3.63) is 223 Å². The predicted octanol–water partition coefficient (Wildman–Crippen LogP) is 14.5. The van der Waals surface area contributed by atoms with E-state index >= 15 is 0 Å². The molecule has 9 rings (SSSR count). The zero-order chi connectivity index (χ0) is 39.6. The first-order chi connectivity index (χ1) is 28.1. The smallest absolute Gasteiger partial charge is 0.0703 e. The monoisotopic (exact) mass is 746 g/mol. The van der Waals surface area contributed by atoms with Crippen molar-refractivity contribution >= 4 is 62.6 Å². The Hall–Kier alpha value is -7.12. The molecule has 0 radical (unpaired) electrons. The highest BCUT2D eigenvalue weighted by atomic mass is 17.0. The van der Waals surface area contributed by atoms with Gasteiger partial charge in [0.05, 0.1) is 34.1 Å². The van der Waals surface area contributed by atoms with Crippen LogP contribution in [0.5, 0.6) is 0 Å². The Kier molecular flexibility index (Phi) is 12.1. The molecule has 0 fully saturated rings. The molecule has 0 bridgehead atoms. The maximum absolute atomic E-state index is 6.00. The van der Waals surface area contributed by atoms with Gasteiger partial charge in [-0.15, -0.1) is 0 Å². The molecule has 57 heavy (non-hydrogen) atoms. The van der Waals surface area contributed by atoms with Gasteiger partial charge in [0.2, 0.25) is 0 Å². The van der Waals surface area contributed by atoms with Gasteiger partial charge in [-0.25, -0.2) is 0 Å². The molecule has 1 heterocycles. The van der Waals surface area contributed by atoms with Gasteiger partial charge in [0.15, 0.2) is 0 Å². The van der Waals surface area contributed by atoms with Crippen molar-refractivity contribution in [3.8, 4) is 0 Å². The third-order valence-corrected chi connectivity index (χ3v) is 9.97. The average Bonchev–Trinajstić information content (AvgIpc) is 3.28. The number of fused-ring (bicyclic) bond motifs is 2. The number of nitrogens with zero attached hydrogens (tertiary/aromatic N) is 4. The third kappa shape index (κ3) is 8.28. The van der Waals surface area contributed by atoms with E-state index in [0.29, 0.717) is 0 Å². The van der Waals surface area contributed by atoms with Crippen molar-refractivity contribution in [2.45, 2.75) is 13.8 Å². The molecule has 0 unspecified atom stereocenters. The van der Waals surface area contributed by atoms with Gasteiger partial charge in [0.25, 0.3) is 0 Å². The van der Waals surface area contributed by atoms with E-state index < -0.39 is 0 Å². The van der Waals surface area contributed by atoms with Crippen LogP contribution in [0.1, 0.15) is 11.1 Å². The summed E-state index contributed by atoms with van der Waals surface area (Å²) in [5.41, 5.74) is 15.3. The van der Waals surface area contributed by atoms with Gasteiger partial charge in [-0.2, -0.15) is 0 Å². The van der Waals surface area contributed by atoms with Crippen LogP contribution in [0.3, 0.4) is 0 Å². The van der Waals surface area contributed by atoms with Gasteiger partial charge in [0, 0.05) is 35.5 Å². The van der Waals surface area contributed by atoms with E-state index in [1.165, 1.54) is 50.9 Å². The molecule has 8 aromatic carbocycles. The Morgan fingerprint density at radius 1 is 0.333 bits per heavy atom. The summed E-state index contributed by atoms with van der Waals surface area (Å²) in [4.78, 5) is 9.24. The van der Waals surface area contributed by atoms with Crippen LogP contribution in [0.25, 0.3) is 0 Å². The summed E-state index contributed by atoms with van der Waals surface area (Å²) in [6, 6.07) is 74.7. The molecule has 6 nitrogen and oxygen atoms in total. The predicted molar refractivity (Wildman–Crippen MR) is 240 cm³/mol. The van der Waals surface area contributed by atoms with Crippen molar-refractivity contribution in [3.63, 3.8) is 0 Å². The number of rotatable bonds is 7. The zero-order valence-electron chi connectivity index (χ0n) is 32.4. The highest BCUT2D eigenvalue weighted by molar-refractivity contribution is 6.01. The lowest BCUT2D eigenvalue weighted by Gasteiger charge is -2.40. The van der Waals surface area contributed by atoms with E-state index in [-0.39, 0.29) is 0 Å². The molecule has 2 N–H and O–H groups in total. The Bertz CT molecular complexity index is 2390. The van der Waals surface area contributed by atoms with Gasteiger partial charge in [-0.05, 0) is 111 Å². The molecule has 0 spiro atoms. The molecule has 0 saturated heterocycles. The van der Waals surface area contributed by atoms with E-state index in [4.69, 9.17) is 10.5 Å². The summed E-state index contributed by atoms with van der Waals surface area (Å²) >= 11 is 0. The molecule has 0 saturated carbocycles. The van der Waals surface area contributed by atoms with Gasteiger partial charge in [0.1, 0.15) is 0 Å². The highest BCUT2D eigenvalue weighted by Crippen LogP contribution is 2.53. The van der Waals surface area contributed by atoms with E-state index in [2.05, 4.69) is 253 Å². The second-order valence-electron chi connectivity index (χ2n) is 13.7. The molecule has 8 aromatic rings. The fraction of sp³-hybridized carbons (Fsp3) is 0.0588. The molecular formula is C51H46N4O2. The summed E-state index contributed by atoms with van der Waals surface area (Å²) in [6.45, 7) is 4.24. The van der Waals surface area contributed by atoms with Crippen molar-refractivity contribution in [1.29, 1.82) is 0 Å². The molecule has 6 heteroatoms. The topological polar surface area (TPSA) is 53.4 Å². The van der Waals surface area contributed by atoms with Crippen LogP contribution >= 0.6 is 0 Å². The first kappa shape index (κ1) is 38.2. The van der Waals surface area contributed by atoms with Crippen LogP contribution < -0.4 is 19.6 Å². The zero-order valence-corrected chi connectivity index (χ0v) is 32.4. The Morgan fingerprint density at radius 2 is 0.667 bits per heavy atom. The average molecular weight is 747 g/mol. The summed E-state index contributed by atoms with van der Waals surface area (Å²) in [6.07, 6.45) is 0. The number of anilines is 11. The number of hydrogen-bond donors (Lipinski definition) is 2. The number of benzene rings is 8. The number of aryl methyl sites for hydroxylation is 2. The second-order valence-corrected chi connectivity index (χ2v) is 13.7. The Labute approximate surface area is 335 Å². The molecule has 0 aliphatic carbocycles. The van der Waals surface area contributed by atoms with Crippen molar-refractivity contribution in [2.24, 2.45) is 0 Å². The third-order valence-electron chi connectivity index (χ3n) is 9.97. The van der Waals surface area contributed by atoms with Crippen LogP contribution in [0.2, 0.25) is 0 Å². The Morgan fingerprint density at radius 3 is 1.11 bits per heavy atom. The molecule has 0 aromatic heterocycles. The summed E-state index contributed by atoms with van der Waals surface area (Å²) in [5, 5.41) is 12.0. The van der Waals surface area contributed by atoms with Crippen LogP contribution in [0.4, 0.5) is 62.6 Å². The van der Waals surface area contributed by atoms with Crippen molar-refractivity contribution in [1.82, 2.24) is 0 Å². The quantitative estimate of drug-likeness (QED) is 0.125. The van der Waals surface area contributed by atoms with Crippen LogP contribution in [-0.4, -0.2) is 17.6 Å². The van der Waals surface area contributed by atoms with Gasteiger partial charge < -0.3 is 19.6 Å². The maximum Gasteiger partial charge on any atom is 0.0703 e. The molecular weight excluding hydrogens is 701 g/mol. The van der Waals surface area contributed by atoms with E-state index in [0.717, 1.165) is 22.7 Å². The van der Waals surface area contributed by atoms with E-state index in [1.807, 2.05) is 0 Å². The van der Waals surface area contributed by atoms with Gasteiger partial charge >= 0.3 is 0 Å². The lowest BCUT2D eigenvalue weighted by atomic mass is 10.0. The largest absolute Gasteiger partial charge is 0.343 e. The van der Waals surface area contributed by atoms with E-state index in [9.17, 15) is 0 Å². The normalized spacial score (nSPS) is 11.2. The molecule has 0 atom stereocenters. The lowest BCUT2D eigenvalue weighted by Crippen LogP contribution is -2.23. The second kappa shape index (κ2) is 18.0. The fourth-order valence-electron chi connectivity index (χ4n) is 7.20. The molecule has 0 amide bonds. The van der Waals surface area contributed by atoms with Crippen LogP contribution in [0.15, 0.2) is 212 Å². The minimum Gasteiger partial charge on any atom is -0.343 e. The van der Waals surface area contributed by atoms with E-state index in [1.54, 1.807) is 0 Å². The maximum atomic E-state index is 6.00. The molecule has 282 valence electrons. The van der Waals surface area contributed by atoms with Crippen molar-refractivity contribution < 1.29 is 10.5 Å². The molecule has 1 aliphatic heterocycles. The SMILES string of the molecule is Cc1ccc(N(C)c2ccccc2N(c2ccccc2)c2ccccc2)cc1.Cc1ccc(N2c3ccccc3N(c3ccccc3)c3ccccc32)cc1.OO. The minimum atomic E-state index is 1.14. The first-order valence-corrected chi connectivity index (χ1v) is 19.0. The summed E-state index contributed by atoms with van der Waals surface area (Å²) < 4.78 is 0. The molecule has 1 aliphatic rings. The standard InChI is InChI=1S/C26H24N2.C25H20N2.H2O2/c1-21-17-19-22(20-18-21)27(2)25-15-9-10-16-26(25)28(23-11-5-3-6-12-23)24-13-7-4-8-14-24;1-19-15-17-21(18-16-19)27-24-13-7-5-11-22(24)26(20-9-3-2-4-10-20)23-12-6-8-14-25(23)27;1-2/h3-20H,1-2H3;2-18H,1H3;1-2H. The Balaban J connectivity index is 0.000000167. The van der Waals surface area contributed by atoms with Crippen LogP contribution in [-0.2, 0) is 0 Å². The minimum absolute atomic E-state index is 1.14. The fourth-order valence-corrected chi connectivity index (χ4v) is 7.20. The number of para-hydroxylation sites is 9. The van der Waals surface area contributed by atoms with Crippen LogP contribution in [0, 0.1) is 13.8 Å². The lowest BCUT2D eigenvalue weighted by molar-refractivity contribution is -0.176. The first-order valence-electron chi connectivity index (χ1n) is 19.0. The van der Waals surface area contributed by atoms with Gasteiger partial charge in [-0.1, -0.05) is 126 Å². The van der Waals surface area contributed by atoms with Crippen molar-refractivity contribution in [2.75, 3.05) is 26.6 Å². The highest BCUT2D eigenvalue weighted by Gasteiger charge is 2.29.